The maximum atomic E-state index is 5.53. The molecule has 3 aliphatic carbocycles. The van der Waals surface area contributed by atoms with Crippen LogP contribution in [0.2, 0.25) is 0 Å². The molecule has 0 heterocycles. The fraction of sp³-hybridized carbons (Fsp3) is 0.280. The van der Waals surface area contributed by atoms with E-state index in [4.69, 9.17) is 90.5 Å². The Kier molecular flexibility index (Phi) is 39.6. The van der Waals surface area contributed by atoms with E-state index in [1.54, 1.807) is 0 Å². The van der Waals surface area contributed by atoms with Gasteiger partial charge in [0.25, 0.3) is 0 Å². The summed E-state index contributed by atoms with van der Waals surface area (Å²) in [5.74, 6) is 0.389. The molecule has 0 amide bonds. The third kappa shape index (κ3) is 28.0. The van der Waals surface area contributed by atoms with Gasteiger partial charge in [-0.05, 0) is 342 Å². The van der Waals surface area contributed by atoms with Crippen LogP contribution in [-0.2, 0) is 44.8 Å². The Labute approximate surface area is 900 Å². The van der Waals surface area contributed by atoms with Crippen molar-refractivity contribution in [1.82, 2.24) is 0 Å². The van der Waals surface area contributed by atoms with E-state index in [0.29, 0.717) is 5.92 Å². The Bertz CT molecular complexity index is 7090. The van der Waals surface area contributed by atoms with Crippen LogP contribution in [0.3, 0.4) is 0 Å². The van der Waals surface area contributed by atoms with Crippen molar-refractivity contribution in [3.8, 4) is 0 Å². The first-order valence-corrected chi connectivity index (χ1v) is 63.4. The Balaban J connectivity index is 0.000000173. The van der Waals surface area contributed by atoms with Gasteiger partial charge in [-0.25, -0.2) is 15.0 Å². The van der Waals surface area contributed by atoms with Crippen molar-refractivity contribution >= 4 is 200 Å². The van der Waals surface area contributed by atoms with Crippen LogP contribution in [0.25, 0.3) is 32.3 Å². The molecule has 0 spiro atoms. The average molecular weight is 2200 g/mol. The van der Waals surface area contributed by atoms with Gasteiger partial charge in [-0.2, -0.15) is 0 Å². The first-order chi connectivity index (χ1) is 68.2. The molecule has 18 rings (SSSR count). The molecular weight excluding hydrogens is 2060 g/mol. The molecule has 15 aromatic carbocycles. The molecule has 0 aliphatic heterocycles. The van der Waals surface area contributed by atoms with Gasteiger partial charge in [0.1, 0.15) is 0 Å². The van der Waals surface area contributed by atoms with Crippen molar-refractivity contribution in [1.29, 1.82) is 0 Å². The van der Waals surface area contributed by atoms with Gasteiger partial charge in [-0.15, -0.1) is 0 Å². The molecule has 6 nitrogen and oxygen atoms in total. The summed E-state index contributed by atoms with van der Waals surface area (Å²) in [5.41, 5.74) is 42.8. The average Bonchev–Trinajstić information content (AvgIpc) is 1.60. The van der Waals surface area contributed by atoms with Crippen LogP contribution in [0.5, 0.6) is 0 Å². The van der Waals surface area contributed by atoms with Gasteiger partial charge in [0.2, 0.25) is 0 Å². The summed E-state index contributed by atoms with van der Waals surface area (Å²) in [6.45, 7) is 58.3. The number of hydrogen-bond donors (Lipinski definition) is 0. The molecular formula is C125H136Cl6Fe3N6P3+3. The van der Waals surface area contributed by atoms with E-state index < -0.39 is 23.8 Å². The number of halogens is 6. The topological polar surface area (TPSA) is 74.2 Å². The first kappa shape index (κ1) is 112. The van der Waals surface area contributed by atoms with Gasteiger partial charge in [0.05, 0.1) is 145 Å². The summed E-state index contributed by atoms with van der Waals surface area (Å²) < 4.78 is 0. The summed E-state index contributed by atoms with van der Waals surface area (Å²) in [6, 6.07) is 97.8. The first-order valence-electron chi connectivity index (χ1n) is 49.1. The van der Waals surface area contributed by atoms with E-state index in [1.807, 2.05) is 0 Å². The van der Waals surface area contributed by atoms with Crippen molar-refractivity contribution < 1.29 is 39.4 Å². The van der Waals surface area contributed by atoms with Crippen molar-refractivity contribution in [3.63, 3.8) is 0 Å². The summed E-state index contributed by atoms with van der Waals surface area (Å²) in [4.78, 5) is 32.7. The van der Waals surface area contributed by atoms with Gasteiger partial charge in [0, 0.05) is 49.5 Å². The molecule has 18 heteroatoms. The van der Waals surface area contributed by atoms with Gasteiger partial charge < -0.3 is 0 Å². The molecule has 0 saturated carbocycles. The Hall–Kier alpha value is -8.31. The van der Waals surface area contributed by atoms with E-state index in [1.165, 1.54) is 209 Å². The van der Waals surface area contributed by atoms with E-state index in [2.05, 4.69) is 434 Å². The molecule has 0 radical (unpaired) electrons. The molecule has 0 unspecified atom stereocenters. The summed E-state index contributed by atoms with van der Waals surface area (Å²) in [7, 11) is 25.4. The third-order valence-electron chi connectivity index (χ3n) is 26.7. The second-order valence-corrected chi connectivity index (χ2v) is 54.6. The fourth-order valence-corrected chi connectivity index (χ4v) is 30.4. The van der Waals surface area contributed by atoms with Gasteiger partial charge >= 0.3 is 100.0 Å². The van der Waals surface area contributed by atoms with Crippen LogP contribution in [0, 0.1) is 130 Å². The summed E-state index contributed by atoms with van der Waals surface area (Å²) in [6.07, 6.45) is 4.20. The van der Waals surface area contributed by atoms with Crippen LogP contribution in [-0.4, -0.2) is 72.4 Å². The summed E-state index contributed by atoms with van der Waals surface area (Å²) in [5, 5.41) is 16.4. The van der Waals surface area contributed by atoms with Crippen LogP contribution < -0.4 is 31.8 Å². The zero-order chi connectivity index (χ0) is 103. The van der Waals surface area contributed by atoms with Gasteiger partial charge in [0.15, 0.2) is 0 Å². The van der Waals surface area contributed by atoms with E-state index >= 15 is 0 Å². The van der Waals surface area contributed by atoms with Crippen LogP contribution in [0.4, 0.5) is 17.1 Å². The minimum atomic E-state index is -1.07. The maximum absolute atomic E-state index is 5.53. The second-order valence-electron chi connectivity index (χ2n) is 41.3. The SMILES string of the molecule is Cc1cc(C)cc([PH+](CCN=C2C(=Nc3c(C)cc(C(C)(C)CC(C)(C)C)cc3C)c3cccc4cccc2c34)c2cc(C)cc(C)c2)c1.Cc1cc(C)cc([PH+](CCN=C2C(=Nc3c(C)cc(C)cc3C)c3cccc4cccc2c34)c2cc(C)cc(C)c2)c1.Cc1cc(C)cc([PH+](CCN=C2C(=Nc3c(C)cccc3C(C)C)c3cccc4cccc2c34)c2cc(C)cc(C)c2)c1.[Cl][Fe][Cl].[Cl][Fe][Cl].[Cl][Fe][Cl]. The molecule has 0 saturated heterocycles. The molecule has 0 N–H and O–H groups in total. The molecule has 0 bridgehead atoms. The zero-order valence-electron chi connectivity index (χ0n) is 87.4. The Morgan fingerprint density at radius 2 is 0.476 bits per heavy atom. The van der Waals surface area contributed by atoms with E-state index in [9.17, 15) is 0 Å². The number of nitrogens with zero attached hydrogens (tertiary/aromatic N) is 6. The van der Waals surface area contributed by atoms with Crippen molar-refractivity contribution in [2.75, 3.05) is 38.1 Å². The molecule has 143 heavy (non-hydrogen) atoms. The van der Waals surface area contributed by atoms with Gasteiger partial charge in [-0.3, -0.25) is 15.0 Å². The zero-order valence-corrected chi connectivity index (χ0v) is 98.2. The quantitative estimate of drug-likeness (QED) is 0.0508. The molecule has 0 atom stereocenters. The number of hydrogen-bond acceptors (Lipinski definition) is 6. The standard InChI is InChI=1S/C46H53N2P.C40H41N2P.C39H39N2P.6ClH.3Fe/c1-29-20-30(2)23-37(22-29)49(38-24-31(3)21-32(4)25-38)19-18-47-43-39-16-12-14-35-15-13-17-40(41(35)39)44(43)48-42-33(5)26-36(27-34(42)6)46(10,11)28-45(7,8)9;1-25(2)34-14-8-11-30(7)38(34)42-40-36-16-10-13-31-12-9-15-35(37(31)36)39(40)41-17-18-43(32-21-26(3)19-27(4)22-32)33-23-28(5)20-29(6)24-33;1-24-16-25(2)21-32(20-24)42(33-22-26(3)17-27(4)23-33)15-14-40-38-34-12-8-10-31-11-9-13-35(36(31)34)39(38)41-37-29(6)18-28(5)19-30(37)7;;;;;;;;;/h12-17,20-27H,18-19,28H2,1-11H3;8-16,19-25H,17-18H2,1-7H3;8-13,16-23H,14-15H2,1-7H3;6*1H;;;/q;;;;;;;;;3*+2/p-3. The van der Waals surface area contributed by atoms with Crippen LogP contribution in [0.15, 0.2) is 291 Å². The van der Waals surface area contributed by atoms with Crippen LogP contribution in [0.1, 0.15) is 205 Å². The third-order valence-corrected chi connectivity index (χ3v) is 34.8. The second kappa shape index (κ2) is 50.6. The predicted octanol–water partition coefficient (Wildman–Crippen LogP) is 33.4. The van der Waals surface area contributed by atoms with E-state index in [-0.39, 0.29) is 50.2 Å². The number of benzene rings is 15. The minimum absolute atomic E-state index is 0.0757. The molecule has 3 aliphatic rings. The number of para-hydroxylation sites is 1. The van der Waals surface area contributed by atoms with Crippen molar-refractivity contribution in [2.24, 2.45) is 35.4 Å². The molecule has 744 valence electrons. The normalized spacial score (nSPS) is 14.3. The molecule has 0 fully saturated rings. The monoisotopic (exact) mass is 2190 g/mol. The number of aliphatic imine (C=N–C) groups is 6. The number of aryl methyl sites for hydroxylation is 18. The molecule has 15 aromatic rings. The summed E-state index contributed by atoms with van der Waals surface area (Å²) >= 11 is 0.583. The number of rotatable bonds is 21. The van der Waals surface area contributed by atoms with Crippen molar-refractivity contribution in [3.05, 3.63) is 406 Å². The van der Waals surface area contributed by atoms with E-state index in [0.717, 1.165) is 95.9 Å². The predicted molar refractivity (Wildman–Crippen MR) is 632 cm³/mol. The van der Waals surface area contributed by atoms with Gasteiger partial charge in [-0.1, -0.05) is 242 Å². The van der Waals surface area contributed by atoms with Crippen LogP contribution >= 0.6 is 84.4 Å². The fourth-order valence-electron chi connectivity index (χ4n) is 21.8. The Morgan fingerprint density at radius 3 is 0.713 bits per heavy atom. The Morgan fingerprint density at radius 1 is 0.259 bits per heavy atom. The van der Waals surface area contributed by atoms with Crippen molar-refractivity contribution in [2.45, 2.75) is 191 Å². The molecule has 0 aromatic heterocycles.